The molecular formula is C15H20O3S. The van der Waals surface area contributed by atoms with Gasteiger partial charge in [0.05, 0.1) is 11.5 Å². The molecule has 0 saturated heterocycles. The SMILES string of the molecule is Cc1ccc(S(=O)(=O)OCC(C2CC2)C2CC2)cc1. The topological polar surface area (TPSA) is 43.4 Å². The average Bonchev–Trinajstić information content (AvgIpc) is 3.24. The van der Waals surface area contributed by atoms with E-state index in [1.165, 1.54) is 25.7 Å². The van der Waals surface area contributed by atoms with Crippen molar-refractivity contribution in [2.45, 2.75) is 37.5 Å². The third-order valence-corrected chi connectivity index (χ3v) is 5.48. The third-order valence-electron chi connectivity index (χ3n) is 4.18. The molecule has 0 amide bonds. The van der Waals surface area contributed by atoms with Crippen LogP contribution < -0.4 is 0 Å². The van der Waals surface area contributed by atoms with Crippen molar-refractivity contribution in [2.75, 3.05) is 6.61 Å². The van der Waals surface area contributed by atoms with Gasteiger partial charge in [0.25, 0.3) is 10.1 Å². The van der Waals surface area contributed by atoms with Gasteiger partial charge in [-0.2, -0.15) is 8.42 Å². The Hall–Kier alpha value is -0.870. The van der Waals surface area contributed by atoms with Gasteiger partial charge in [0.15, 0.2) is 0 Å². The van der Waals surface area contributed by atoms with Gasteiger partial charge in [-0.25, -0.2) is 0 Å². The molecule has 0 heterocycles. The smallest absolute Gasteiger partial charge is 0.266 e. The van der Waals surface area contributed by atoms with Crippen LogP contribution in [0.4, 0.5) is 0 Å². The van der Waals surface area contributed by atoms with Gasteiger partial charge in [0.1, 0.15) is 0 Å². The predicted octanol–water partition coefficient (Wildman–Crippen LogP) is 3.14. The Labute approximate surface area is 115 Å². The predicted molar refractivity (Wildman–Crippen MR) is 73.3 cm³/mol. The molecule has 1 aromatic carbocycles. The summed E-state index contributed by atoms with van der Waals surface area (Å²) in [5, 5.41) is 0. The normalized spacial score (nSPS) is 19.9. The lowest BCUT2D eigenvalue weighted by Crippen LogP contribution is -2.18. The molecule has 0 N–H and O–H groups in total. The molecule has 0 aliphatic heterocycles. The minimum atomic E-state index is -3.58. The van der Waals surface area contributed by atoms with E-state index in [-0.39, 0.29) is 4.90 Å². The molecule has 2 saturated carbocycles. The molecule has 2 aliphatic rings. The number of aryl methyl sites for hydroxylation is 1. The highest BCUT2D eigenvalue weighted by Crippen LogP contribution is 2.49. The van der Waals surface area contributed by atoms with Gasteiger partial charge in [-0.05, 0) is 62.5 Å². The fraction of sp³-hybridized carbons (Fsp3) is 0.600. The standard InChI is InChI=1S/C15H20O3S/c1-11-2-8-14(9-3-11)19(16,17)18-10-15(12-4-5-12)13-6-7-13/h2-3,8-9,12-13,15H,4-7,10H2,1H3. The van der Waals surface area contributed by atoms with Gasteiger partial charge in [0.2, 0.25) is 0 Å². The summed E-state index contributed by atoms with van der Waals surface area (Å²) in [7, 11) is -3.58. The molecule has 0 bridgehead atoms. The van der Waals surface area contributed by atoms with Crippen LogP contribution in [0, 0.1) is 24.7 Å². The van der Waals surface area contributed by atoms with Crippen molar-refractivity contribution in [3.63, 3.8) is 0 Å². The second-order valence-corrected chi connectivity index (χ2v) is 7.51. The van der Waals surface area contributed by atoms with E-state index >= 15 is 0 Å². The van der Waals surface area contributed by atoms with E-state index in [0.29, 0.717) is 24.4 Å². The van der Waals surface area contributed by atoms with Crippen LogP contribution >= 0.6 is 0 Å². The first kappa shape index (κ1) is 13.1. The zero-order valence-electron chi connectivity index (χ0n) is 11.2. The van der Waals surface area contributed by atoms with E-state index in [0.717, 1.165) is 5.56 Å². The zero-order chi connectivity index (χ0) is 13.5. The van der Waals surface area contributed by atoms with Crippen molar-refractivity contribution in [3.05, 3.63) is 29.8 Å². The highest BCUT2D eigenvalue weighted by molar-refractivity contribution is 7.86. The second-order valence-electron chi connectivity index (χ2n) is 5.89. The monoisotopic (exact) mass is 280 g/mol. The molecule has 2 aliphatic carbocycles. The molecule has 2 fully saturated rings. The van der Waals surface area contributed by atoms with Crippen LogP contribution in [0.5, 0.6) is 0 Å². The van der Waals surface area contributed by atoms with E-state index in [1.54, 1.807) is 24.3 Å². The van der Waals surface area contributed by atoms with Crippen molar-refractivity contribution in [3.8, 4) is 0 Å². The fourth-order valence-corrected chi connectivity index (χ4v) is 3.59. The third kappa shape index (κ3) is 3.18. The summed E-state index contributed by atoms with van der Waals surface area (Å²) >= 11 is 0. The number of hydrogen-bond acceptors (Lipinski definition) is 3. The van der Waals surface area contributed by atoms with E-state index in [2.05, 4.69) is 0 Å². The summed E-state index contributed by atoms with van der Waals surface area (Å²) < 4.78 is 29.5. The van der Waals surface area contributed by atoms with Gasteiger partial charge < -0.3 is 0 Å². The Kier molecular flexibility index (Phi) is 3.39. The average molecular weight is 280 g/mol. The van der Waals surface area contributed by atoms with Gasteiger partial charge >= 0.3 is 0 Å². The van der Waals surface area contributed by atoms with Gasteiger partial charge in [0, 0.05) is 0 Å². The molecule has 0 spiro atoms. The highest BCUT2D eigenvalue weighted by atomic mass is 32.2. The van der Waals surface area contributed by atoms with E-state index in [4.69, 9.17) is 4.18 Å². The maximum Gasteiger partial charge on any atom is 0.296 e. The van der Waals surface area contributed by atoms with Gasteiger partial charge in [-0.3, -0.25) is 4.18 Å². The number of hydrogen-bond donors (Lipinski definition) is 0. The molecule has 0 aromatic heterocycles. The van der Waals surface area contributed by atoms with E-state index in [1.807, 2.05) is 6.92 Å². The Morgan fingerprint density at radius 2 is 1.63 bits per heavy atom. The molecule has 0 unspecified atom stereocenters. The highest BCUT2D eigenvalue weighted by Gasteiger charge is 2.42. The van der Waals surface area contributed by atoms with Crippen molar-refractivity contribution in [1.82, 2.24) is 0 Å². The Morgan fingerprint density at radius 1 is 1.11 bits per heavy atom. The quantitative estimate of drug-likeness (QED) is 0.752. The lowest BCUT2D eigenvalue weighted by Gasteiger charge is -2.15. The summed E-state index contributed by atoms with van der Waals surface area (Å²) in [5.41, 5.74) is 1.05. The molecule has 0 radical (unpaired) electrons. The number of benzene rings is 1. The van der Waals surface area contributed by atoms with Gasteiger partial charge in [-0.1, -0.05) is 17.7 Å². The first-order chi connectivity index (χ1) is 9.06. The molecule has 3 rings (SSSR count). The Bertz CT molecular complexity index is 527. The first-order valence-corrected chi connectivity index (χ1v) is 8.43. The number of rotatable bonds is 6. The van der Waals surface area contributed by atoms with Crippen LogP contribution in [0.1, 0.15) is 31.2 Å². The van der Waals surface area contributed by atoms with Crippen molar-refractivity contribution < 1.29 is 12.6 Å². The van der Waals surface area contributed by atoms with Crippen LogP contribution in [0.2, 0.25) is 0 Å². The summed E-state index contributed by atoms with van der Waals surface area (Å²) in [4.78, 5) is 0.267. The van der Waals surface area contributed by atoms with Crippen LogP contribution in [-0.4, -0.2) is 15.0 Å². The van der Waals surface area contributed by atoms with Crippen LogP contribution in [0.15, 0.2) is 29.2 Å². The van der Waals surface area contributed by atoms with Crippen LogP contribution in [-0.2, 0) is 14.3 Å². The molecule has 19 heavy (non-hydrogen) atoms. The first-order valence-electron chi connectivity index (χ1n) is 7.02. The zero-order valence-corrected chi connectivity index (χ0v) is 12.0. The van der Waals surface area contributed by atoms with Crippen molar-refractivity contribution in [2.24, 2.45) is 17.8 Å². The van der Waals surface area contributed by atoms with E-state index in [9.17, 15) is 8.42 Å². The van der Waals surface area contributed by atoms with Crippen LogP contribution in [0.3, 0.4) is 0 Å². The minimum absolute atomic E-state index is 0.267. The van der Waals surface area contributed by atoms with E-state index < -0.39 is 10.1 Å². The molecular weight excluding hydrogens is 260 g/mol. The Morgan fingerprint density at radius 3 is 2.11 bits per heavy atom. The summed E-state index contributed by atoms with van der Waals surface area (Å²) in [6, 6.07) is 6.84. The minimum Gasteiger partial charge on any atom is -0.266 e. The summed E-state index contributed by atoms with van der Waals surface area (Å²) in [5.74, 6) is 1.88. The van der Waals surface area contributed by atoms with Crippen LogP contribution in [0.25, 0.3) is 0 Å². The van der Waals surface area contributed by atoms with Crippen molar-refractivity contribution in [1.29, 1.82) is 0 Å². The second kappa shape index (κ2) is 4.91. The lowest BCUT2D eigenvalue weighted by atomic mass is 9.99. The Balaban J connectivity index is 1.65. The lowest BCUT2D eigenvalue weighted by molar-refractivity contribution is 0.218. The molecule has 3 nitrogen and oxygen atoms in total. The maximum absolute atomic E-state index is 12.1. The molecule has 1 aromatic rings. The van der Waals surface area contributed by atoms with Gasteiger partial charge in [-0.15, -0.1) is 0 Å². The largest absolute Gasteiger partial charge is 0.296 e. The fourth-order valence-electron chi connectivity index (χ4n) is 2.65. The summed E-state index contributed by atoms with van der Waals surface area (Å²) in [6.45, 7) is 2.30. The summed E-state index contributed by atoms with van der Waals surface area (Å²) in [6.07, 6.45) is 4.98. The molecule has 0 atom stereocenters. The van der Waals surface area contributed by atoms with Crippen molar-refractivity contribution >= 4 is 10.1 Å². The molecule has 4 heteroatoms. The molecule has 104 valence electrons. The maximum atomic E-state index is 12.1.